The molecule has 1 aromatic rings. The SMILES string of the molecule is CCCCCCC(=O)N/N=C(\CC)c1ccccc1O. The van der Waals surface area contributed by atoms with Crippen molar-refractivity contribution in [2.45, 2.75) is 52.4 Å². The van der Waals surface area contributed by atoms with Crippen molar-refractivity contribution in [3.05, 3.63) is 29.8 Å². The van der Waals surface area contributed by atoms with Crippen molar-refractivity contribution in [3.63, 3.8) is 0 Å². The number of aromatic hydroxyl groups is 1. The predicted molar refractivity (Wildman–Crippen MR) is 81.8 cm³/mol. The molecule has 0 saturated carbocycles. The number of phenolic OH excluding ortho intramolecular Hbond substituents is 1. The van der Waals surface area contributed by atoms with Gasteiger partial charge in [0.2, 0.25) is 5.91 Å². The van der Waals surface area contributed by atoms with Crippen molar-refractivity contribution >= 4 is 11.6 Å². The molecule has 0 radical (unpaired) electrons. The molecule has 0 aliphatic rings. The predicted octanol–water partition coefficient (Wildman–Crippen LogP) is 3.59. The van der Waals surface area contributed by atoms with Crippen LogP contribution in [0.3, 0.4) is 0 Å². The molecule has 0 bridgehead atoms. The van der Waals surface area contributed by atoms with Crippen molar-refractivity contribution in [1.82, 2.24) is 5.43 Å². The number of amides is 1. The van der Waals surface area contributed by atoms with Gasteiger partial charge in [-0.1, -0.05) is 45.2 Å². The van der Waals surface area contributed by atoms with Crippen molar-refractivity contribution < 1.29 is 9.90 Å². The van der Waals surface area contributed by atoms with Gasteiger partial charge in [0, 0.05) is 12.0 Å². The minimum atomic E-state index is -0.0672. The van der Waals surface area contributed by atoms with Crippen molar-refractivity contribution in [3.8, 4) is 5.75 Å². The lowest BCUT2D eigenvalue weighted by atomic mass is 10.1. The van der Waals surface area contributed by atoms with Gasteiger partial charge in [0.1, 0.15) is 5.75 Å². The molecule has 0 aliphatic heterocycles. The van der Waals surface area contributed by atoms with Gasteiger partial charge < -0.3 is 5.11 Å². The van der Waals surface area contributed by atoms with Gasteiger partial charge in [-0.05, 0) is 25.0 Å². The summed E-state index contributed by atoms with van der Waals surface area (Å²) in [7, 11) is 0. The summed E-state index contributed by atoms with van der Waals surface area (Å²) in [5, 5.41) is 13.9. The number of nitrogens with one attached hydrogen (secondary N) is 1. The molecule has 0 heterocycles. The third kappa shape index (κ3) is 5.43. The maximum atomic E-state index is 11.7. The highest BCUT2D eigenvalue weighted by Gasteiger charge is 2.07. The normalized spacial score (nSPS) is 11.4. The van der Waals surface area contributed by atoms with Gasteiger partial charge in [0.15, 0.2) is 0 Å². The first-order valence-corrected chi connectivity index (χ1v) is 7.32. The van der Waals surface area contributed by atoms with E-state index in [1.807, 2.05) is 13.0 Å². The van der Waals surface area contributed by atoms with Gasteiger partial charge in [-0.25, -0.2) is 5.43 Å². The van der Waals surface area contributed by atoms with Crippen LogP contribution in [0.5, 0.6) is 5.75 Å². The summed E-state index contributed by atoms with van der Waals surface area (Å²) < 4.78 is 0. The van der Waals surface area contributed by atoms with Crippen LogP contribution in [0.25, 0.3) is 0 Å². The maximum absolute atomic E-state index is 11.7. The first-order valence-electron chi connectivity index (χ1n) is 7.32. The van der Waals surface area contributed by atoms with E-state index in [9.17, 15) is 9.90 Å². The Bertz CT molecular complexity index is 456. The Morgan fingerprint density at radius 1 is 1.20 bits per heavy atom. The van der Waals surface area contributed by atoms with Crippen LogP contribution < -0.4 is 5.43 Å². The molecule has 20 heavy (non-hydrogen) atoms. The summed E-state index contributed by atoms with van der Waals surface area (Å²) in [6.07, 6.45) is 5.44. The Morgan fingerprint density at radius 3 is 2.60 bits per heavy atom. The van der Waals surface area contributed by atoms with E-state index in [1.165, 1.54) is 0 Å². The number of hydrogen-bond acceptors (Lipinski definition) is 3. The van der Waals surface area contributed by atoms with Crippen molar-refractivity contribution in [1.29, 1.82) is 0 Å². The number of phenols is 1. The van der Waals surface area contributed by atoms with Gasteiger partial charge in [0.25, 0.3) is 0 Å². The summed E-state index contributed by atoms with van der Waals surface area (Å²) in [6, 6.07) is 7.02. The van der Waals surface area contributed by atoms with E-state index in [2.05, 4.69) is 17.5 Å². The summed E-state index contributed by atoms with van der Waals surface area (Å²) in [5.74, 6) is 0.118. The maximum Gasteiger partial charge on any atom is 0.240 e. The van der Waals surface area contributed by atoms with E-state index < -0.39 is 0 Å². The number of rotatable bonds is 8. The number of nitrogens with zero attached hydrogens (tertiary/aromatic N) is 1. The number of para-hydroxylation sites is 1. The molecule has 4 nitrogen and oxygen atoms in total. The van der Waals surface area contributed by atoms with Crippen LogP contribution in [-0.4, -0.2) is 16.7 Å². The third-order valence-corrected chi connectivity index (χ3v) is 3.12. The zero-order valence-corrected chi connectivity index (χ0v) is 12.4. The molecule has 1 aromatic carbocycles. The summed E-state index contributed by atoms with van der Waals surface area (Å²) in [5.41, 5.74) is 3.93. The number of carbonyl (C=O) groups is 1. The minimum absolute atomic E-state index is 0.0672. The highest BCUT2D eigenvalue weighted by Crippen LogP contribution is 2.17. The fourth-order valence-electron chi connectivity index (χ4n) is 1.95. The number of unbranched alkanes of at least 4 members (excludes halogenated alkanes) is 3. The minimum Gasteiger partial charge on any atom is -0.507 e. The summed E-state index contributed by atoms with van der Waals surface area (Å²) >= 11 is 0. The van der Waals surface area contributed by atoms with Crippen LogP contribution in [0.1, 0.15) is 57.9 Å². The summed E-state index contributed by atoms with van der Waals surface area (Å²) in [6.45, 7) is 4.09. The molecular weight excluding hydrogens is 252 g/mol. The first-order chi connectivity index (χ1) is 9.69. The third-order valence-electron chi connectivity index (χ3n) is 3.12. The fourth-order valence-corrected chi connectivity index (χ4v) is 1.95. The van der Waals surface area contributed by atoms with E-state index in [-0.39, 0.29) is 11.7 Å². The smallest absolute Gasteiger partial charge is 0.240 e. The molecule has 0 aromatic heterocycles. The van der Waals surface area contributed by atoms with Gasteiger partial charge in [-0.15, -0.1) is 0 Å². The molecule has 4 heteroatoms. The zero-order valence-electron chi connectivity index (χ0n) is 12.4. The van der Waals surface area contributed by atoms with E-state index >= 15 is 0 Å². The average Bonchev–Trinajstić information content (AvgIpc) is 2.46. The van der Waals surface area contributed by atoms with Crippen LogP contribution in [0, 0.1) is 0 Å². The van der Waals surface area contributed by atoms with Crippen molar-refractivity contribution in [2.75, 3.05) is 0 Å². The second-order valence-corrected chi connectivity index (χ2v) is 4.77. The van der Waals surface area contributed by atoms with Crippen LogP contribution >= 0.6 is 0 Å². The Hall–Kier alpha value is -1.84. The molecule has 2 N–H and O–H groups in total. The molecular formula is C16H24N2O2. The molecule has 0 fully saturated rings. The molecule has 110 valence electrons. The van der Waals surface area contributed by atoms with Crippen LogP contribution in [-0.2, 0) is 4.79 Å². The van der Waals surface area contributed by atoms with Gasteiger partial charge in [0.05, 0.1) is 5.71 Å². The van der Waals surface area contributed by atoms with Gasteiger partial charge >= 0.3 is 0 Å². The number of hydrogen-bond donors (Lipinski definition) is 2. The number of benzene rings is 1. The van der Waals surface area contributed by atoms with Crippen LogP contribution in [0.4, 0.5) is 0 Å². The lowest BCUT2D eigenvalue weighted by molar-refractivity contribution is -0.121. The highest BCUT2D eigenvalue weighted by molar-refractivity contribution is 6.03. The number of hydrazone groups is 1. The number of carbonyl (C=O) groups excluding carboxylic acids is 1. The molecule has 1 amide bonds. The Morgan fingerprint density at radius 2 is 1.95 bits per heavy atom. The Kier molecular flexibility index (Phi) is 7.40. The monoisotopic (exact) mass is 276 g/mol. The van der Waals surface area contributed by atoms with E-state index in [0.717, 1.165) is 25.7 Å². The second-order valence-electron chi connectivity index (χ2n) is 4.77. The Labute approximate surface area is 120 Å². The molecule has 0 unspecified atom stereocenters. The highest BCUT2D eigenvalue weighted by atomic mass is 16.3. The Balaban J connectivity index is 2.54. The van der Waals surface area contributed by atoms with Gasteiger partial charge in [-0.2, -0.15) is 5.10 Å². The molecule has 0 saturated heterocycles. The molecule has 1 rings (SSSR count). The van der Waals surface area contributed by atoms with E-state index in [1.54, 1.807) is 18.2 Å². The second kappa shape index (κ2) is 9.13. The topological polar surface area (TPSA) is 61.7 Å². The van der Waals surface area contributed by atoms with Crippen LogP contribution in [0.15, 0.2) is 29.4 Å². The largest absolute Gasteiger partial charge is 0.507 e. The quantitative estimate of drug-likeness (QED) is 0.433. The molecule has 0 atom stereocenters. The first kappa shape index (κ1) is 16.2. The zero-order chi connectivity index (χ0) is 14.8. The van der Waals surface area contributed by atoms with Crippen LogP contribution in [0.2, 0.25) is 0 Å². The lowest BCUT2D eigenvalue weighted by Gasteiger charge is -2.07. The molecule has 0 spiro atoms. The van der Waals surface area contributed by atoms with E-state index in [4.69, 9.17) is 0 Å². The standard InChI is InChI=1S/C16H24N2O2/c1-3-5-6-7-12-16(20)18-17-14(4-2)13-10-8-9-11-15(13)19/h8-11,19H,3-7,12H2,1-2H3,(H,18,20)/b17-14+. The lowest BCUT2D eigenvalue weighted by Crippen LogP contribution is -2.19. The average molecular weight is 276 g/mol. The molecule has 0 aliphatic carbocycles. The van der Waals surface area contributed by atoms with Crippen molar-refractivity contribution in [2.24, 2.45) is 5.10 Å². The summed E-state index contributed by atoms with van der Waals surface area (Å²) in [4.78, 5) is 11.7. The van der Waals surface area contributed by atoms with E-state index in [0.29, 0.717) is 24.1 Å². The fraction of sp³-hybridized carbons (Fsp3) is 0.500. The van der Waals surface area contributed by atoms with Gasteiger partial charge in [-0.3, -0.25) is 4.79 Å².